The van der Waals surface area contributed by atoms with Crippen LogP contribution in [0.5, 0.6) is 0 Å². The van der Waals surface area contributed by atoms with Crippen LogP contribution in [0.4, 0.5) is 5.88 Å². The Bertz CT molecular complexity index is 553. The third-order valence-electron chi connectivity index (χ3n) is 3.31. The molecule has 0 N–H and O–H groups in total. The number of likely N-dealkylation sites (tertiary alicyclic amines) is 1. The van der Waals surface area contributed by atoms with Crippen LogP contribution < -0.4 is 0 Å². The number of rotatable bonds is 4. The summed E-state index contributed by atoms with van der Waals surface area (Å²) < 4.78 is 9.53. The lowest BCUT2D eigenvalue weighted by Gasteiger charge is -2.30. The molecule has 1 unspecified atom stereocenters. The second-order valence-corrected chi connectivity index (χ2v) is 5.06. The largest absolute Gasteiger partial charge is 0.450 e. The lowest BCUT2D eigenvalue weighted by molar-refractivity contribution is -0.402. The predicted octanol–water partition coefficient (Wildman–Crippen LogP) is 1.60. The second kappa shape index (κ2) is 6.38. The first kappa shape index (κ1) is 15.0. The van der Waals surface area contributed by atoms with Gasteiger partial charge in [-0.25, -0.2) is 4.79 Å². The Balaban J connectivity index is 1.85. The van der Waals surface area contributed by atoms with E-state index in [2.05, 4.69) is 6.92 Å². The van der Waals surface area contributed by atoms with Crippen molar-refractivity contribution in [3.8, 4) is 0 Å². The number of hydrogen-bond acceptors (Lipinski definition) is 6. The highest BCUT2D eigenvalue weighted by molar-refractivity contribution is 5.89. The molecule has 0 spiro atoms. The number of nitrogens with zero attached hydrogens (tertiary/aromatic N) is 2. The van der Waals surface area contributed by atoms with Crippen LogP contribution in [0.15, 0.2) is 16.5 Å². The Labute approximate surface area is 120 Å². The molecule has 1 aromatic rings. The molecule has 2 heterocycles. The first-order valence-corrected chi connectivity index (χ1v) is 6.66. The molecule has 1 aromatic heterocycles. The lowest BCUT2D eigenvalue weighted by Crippen LogP contribution is -2.41. The molecule has 8 heteroatoms. The number of carbonyl (C=O) groups excluding carboxylic acids is 2. The molecule has 1 aliphatic rings. The van der Waals surface area contributed by atoms with Gasteiger partial charge in [0.1, 0.15) is 4.92 Å². The van der Waals surface area contributed by atoms with Gasteiger partial charge in [-0.05, 0) is 24.8 Å². The first-order chi connectivity index (χ1) is 9.97. The Kier molecular flexibility index (Phi) is 4.56. The lowest BCUT2D eigenvalue weighted by atomic mass is 10.0. The zero-order valence-corrected chi connectivity index (χ0v) is 11.6. The van der Waals surface area contributed by atoms with Gasteiger partial charge in [0.15, 0.2) is 6.61 Å². The van der Waals surface area contributed by atoms with Gasteiger partial charge in [-0.1, -0.05) is 6.92 Å². The number of furan rings is 1. The Hall–Kier alpha value is -2.38. The van der Waals surface area contributed by atoms with E-state index in [1.807, 2.05) is 0 Å². The van der Waals surface area contributed by atoms with Crippen molar-refractivity contribution >= 4 is 17.8 Å². The Morgan fingerprint density at radius 1 is 1.52 bits per heavy atom. The zero-order chi connectivity index (χ0) is 15.4. The smallest absolute Gasteiger partial charge is 0.433 e. The average Bonchev–Trinajstić information content (AvgIpc) is 2.94. The van der Waals surface area contributed by atoms with E-state index in [4.69, 9.17) is 9.15 Å². The van der Waals surface area contributed by atoms with Crippen LogP contribution in [0.2, 0.25) is 0 Å². The zero-order valence-electron chi connectivity index (χ0n) is 11.6. The van der Waals surface area contributed by atoms with Gasteiger partial charge in [0.25, 0.3) is 5.91 Å². The summed E-state index contributed by atoms with van der Waals surface area (Å²) in [5.41, 5.74) is 0. The molecular formula is C13H16N2O6. The van der Waals surface area contributed by atoms with Crippen molar-refractivity contribution in [1.82, 2.24) is 4.90 Å². The van der Waals surface area contributed by atoms with Gasteiger partial charge < -0.3 is 14.1 Å². The molecule has 114 valence electrons. The minimum Gasteiger partial charge on any atom is -0.450 e. The summed E-state index contributed by atoms with van der Waals surface area (Å²) in [5.74, 6) is -1.55. The van der Waals surface area contributed by atoms with Crippen LogP contribution in [0, 0.1) is 16.0 Å². The van der Waals surface area contributed by atoms with Gasteiger partial charge in [0, 0.05) is 13.1 Å². The van der Waals surface area contributed by atoms with E-state index < -0.39 is 16.8 Å². The molecule has 1 aliphatic heterocycles. The number of ether oxygens (including phenoxy) is 1. The minimum atomic E-state index is -0.887. The third-order valence-corrected chi connectivity index (χ3v) is 3.31. The molecule has 1 saturated heterocycles. The van der Waals surface area contributed by atoms with E-state index in [9.17, 15) is 19.7 Å². The fourth-order valence-corrected chi connectivity index (χ4v) is 2.24. The highest BCUT2D eigenvalue weighted by atomic mass is 16.7. The minimum absolute atomic E-state index is 0.268. The molecule has 2 rings (SSSR count). The SMILES string of the molecule is CC1CCCN(C(=O)COC(=O)c2ccc([N+](=O)[O-])o2)C1. The maximum Gasteiger partial charge on any atom is 0.433 e. The van der Waals surface area contributed by atoms with Crippen LogP contribution >= 0.6 is 0 Å². The summed E-state index contributed by atoms with van der Waals surface area (Å²) in [7, 11) is 0. The normalized spacial score (nSPS) is 18.3. The predicted molar refractivity (Wildman–Crippen MR) is 70.6 cm³/mol. The monoisotopic (exact) mass is 296 g/mol. The fourth-order valence-electron chi connectivity index (χ4n) is 2.24. The van der Waals surface area contributed by atoms with Crippen LogP contribution in [-0.2, 0) is 9.53 Å². The number of esters is 1. The molecule has 0 aromatic carbocycles. The van der Waals surface area contributed by atoms with Crippen LogP contribution in [0.1, 0.15) is 30.3 Å². The summed E-state index contributed by atoms with van der Waals surface area (Å²) in [4.78, 5) is 34.9. The van der Waals surface area contributed by atoms with E-state index in [0.717, 1.165) is 25.0 Å². The topological polar surface area (TPSA) is 103 Å². The molecule has 0 aliphatic carbocycles. The number of amides is 1. The summed E-state index contributed by atoms with van der Waals surface area (Å²) in [5, 5.41) is 10.4. The van der Waals surface area contributed by atoms with Crippen LogP contribution in [-0.4, -0.2) is 41.4 Å². The van der Waals surface area contributed by atoms with Crippen molar-refractivity contribution in [2.24, 2.45) is 5.92 Å². The molecule has 21 heavy (non-hydrogen) atoms. The standard InChI is InChI=1S/C13H16N2O6/c1-9-3-2-6-14(7-9)11(16)8-20-13(17)10-4-5-12(21-10)15(18)19/h4-5,9H,2-3,6-8H2,1H3. The molecule has 0 bridgehead atoms. The van der Waals surface area contributed by atoms with Gasteiger partial charge in [-0.2, -0.15) is 0 Å². The maximum atomic E-state index is 11.9. The number of piperidine rings is 1. The second-order valence-electron chi connectivity index (χ2n) is 5.06. The van der Waals surface area contributed by atoms with Gasteiger partial charge in [0.05, 0.1) is 6.07 Å². The van der Waals surface area contributed by atoms with E-state index in [1.165, 1.54) is 0 Å². The molecule has 0 radical (unpaired) electrons. The van der Waals surface area contributed by atoms with Crippen LogP contribution in [0.25, 0.3) is 0 Å². The van der Waals surface area contributed by atoms with E-state index >= 15 is 0 Å². The molecule has 0 saturated carbocycles. The molecule has 8 nitrogen and oxygen atoms in total. The summed E-state index contributed by atoms with van der Waals surface area (Å²) in [6.45, 7) is 2.99. The third kappa shape index (κ3) is 3.80. The Morgan fingerprint density at radius 2 is 2.29 bits per heavy atom. The van der Waals surface area contributed by atoms with Crippen LogP contribution in [0.3, 0.4) is 0 Å². The van der Waals surface area contributed by atoms with Crippen molar-refractivity contribution in [3.63, 3.8) is 0 Å². The van der Waals surface area contributed by atoms with Crippen molar-refractivity contribution in [1.29, 1.82) is 0 Å². The van der Waals surface area contributed by atoms with E-state index in [-0.39, 0.29) is 18.3 Å². The summed E-state index contributed by atoms with van der Waals surface area (Å²) >= 11 is 0. The molecular weight excluding hydrogens is 280 g/mol. The number of nitro groups is 1. The van der Waals surface area contributed by atoms with Gasteiger partial charge in [-0.3, -0.25) is 14.9 Å². The molecule has 1 atom stereocenters. The highest BCUT2D eigenvalue weighted by Gasteiger charge is 2.23. The first-order valence-electron chi connectivity index (χ1n) is 6.66. The molecule has 1 fully saturated rings. The summed E-state index contributed by atoms with van der Waals surface area (Å²) in [6.07, 6.45) is 2.02. The van der Waals surface area contributed by atoms with Crippen molar-refractivity contribution in [3.05, 3.63) is 28.0 Å². The van der Waals surface area contributed by atoms with Crippen molar-refractivity contribution in [2.45, 2.75) is 19.8 Å². The maximum absolute atomic E-state index is 11.9. The average molecular weight is 296 g/mol. The van der Waals surface area contributed by atoms with Gasteiger partial charge in [0.2, 0.25) is 5.76 Å². The quantitative estimate of drug-likeness (QED) is 0.475. The molecule has 1 amide bonds. The van der Waals surface area contributed by atoms with Crippen molar-refractivity contribution in [2.75, 3.05) is 19.7 Å². The number of hydrogen-bond donors (Lipinski definition) is 0. The van der Waals surface area contributed by atoms with Crippen molar-refractivity contribution < 1.29 is 23.7 Å². The van der Waals surface area contributed by atoms with E-state index in [0.29, 0.717) is 19.0 Å². The fraction of sp³-hybridized carbons (Fsp3) is 0.538. The van der Waals surface area contributed by atoms with Gasteiger partial charge >= 0.3 is 11.9 Å². The van der Waals surface area contributed by atoms with E-state index in [1.54, 1.807) is 4.90 Å². The Morgan fingerprint density at radius 3 is 2.90 bits per heavy atom. The van der Waals surface area contributed by atoms with Gasteiger partial charge in [-0.15, -0.1) is 0 Å². The number of carbonyl (C=O) groups is 2. The highest BCUT2D eigenvalue weighted by Crippen LogP contribution is 2.17. The summed E-state index contributed by atoms with van der Waals surface area (Å²) in [6, 6.07) is 2.21.